The standard InChI is InChI=1S/C23H27N5O3/c1-17-13-19(7-9-22(17)31-21-8-6-18(2)26-14-21)27-28-12-11-24-20(15-28)5-4-10-25-23(29)16-30-3/h4-9,11-15,24,27H,10,16H2,1-3H3,(H,25,29)/b5-4-. The molecular weight excluding hydrogens is 394 g/mol. The third-order valence-electron chi connectivity index (χ3n) is 4.30. The molecule has 0 saturated carbocycles. The van der Waals surface area contributed by atoms with Gasteiger partial charge in [-0.1, -0.05) is 6.08 Å². The molecule has 0 radical (unpaired) electrons. The number of hydrogen-bond acceptors (Lipinski definition) is 7. The highest BCUT2D eigenvalue weighted by Gasteiger charge is 2.07. The fourth-order valence-corrected chi connectivity index (χ4v) is 2.77. The Kier molecular flexibility index (Phi) is 7.67. The van der Waals surface area contributed by atoms with E-state index in [9.17, 15) is 4.79 Å². The molecule has 8 heteroatoms. The topological polar surface area (TPSA) is 87.8 Å². The van der Waals surface area contributed by atoms with Crippen molar-refractivity contribution < 1.29 is 14.3 Å². The van der Waals surface area contributed by atoms with Crippen molar-refractivity contribution in [1.29, 1.82) is 0 Å². The number of carbonyl (C=O) groups excluding carboxylic acids is 1. The second kappa shape index (κ2) is 10.8. The average molecular weight is 422 g/mol. The number of anilines is 1. The van der Waals surface area contributed by atoms with Gasteiger partial charge >= 0.3 is 0 Å². The Labute approximate surface area is 182 Å². The lowest BCUT2D eigenvalue weighted by molar-refractivity contribution is -0.124. The quantitative estimate of drug-likeness (QED) is 0.572. The fourth-order valence-electron chi connectivity index (χ4n) is 2.77. The molecule has 1 aliphatic heterocycles. The molecule has 0 spiro atoms. The molecule has 0 saturated heterocycles. The number of rotatable bonds is 9. The van der Waals surface area contributed by atoms with Gasteiger partial charge in [0.05, 0.1) is 17.6 Å². The largest absolute Gasteiger partial charge is 0.455 e. The van der Waals surface area contributed by atoms with Gasteiger partial charge in [-0.05, 0) is 55.8 Å². The molecule has 0 bridgehead atoms. The van der Waals surface area contributed by atoms with Crippen LogP contribution in [-0.4, -0.2) is 36.2 Å². The minimum atomic E-state index is -0.151. The van der Waals surface area contributed by atoms with Gasteiger partial charge < -0.3 is 20.1 Å². The zero-order chi connectivity index (χ0) is 22.1. The summed E-state index contributed by atoms with van der Waals surface area (Å²) in [5.41, 5.74) is 7.06. The maximum Gasteiger partial charge on any atom is 0.246 e. The molecule has 2 aromatic rings. The van der Waals surface area contributed by atoms with Crippen molar-refractivity contribution in [3.63, 3.8) is 0 Å². The predicted octanol–water partition coefficient (Wildman–Crippen LogP) is 3.35. The highest BCUT2D eigenvalue weighted by atomic mass is 16.5. The molecule has 0 atom stereocenters. The van der Waals surface area contributed by atoms with E-state index in [-0.39, 0.29) is 12.5 Å². The van der Waals surface area contributed by atoms with Gasteiger partial charge in [0.2, 0.25) is 5.91 Å². The first-order chi connectivity index (χ1) is 15.0. The molecule has 1 aliphatic rings. The molecule has 0 fully saturated rings. The van der Waals surface area contributed by atoms with Crippen LogP contribution in [0.15, 0.2) is 73.0 Å². The number of methoxy groups -OCH3 is 1. The number of nitrogens with one attached hydrogen (secondary N) is 3. The van der Waals surface area contributed by atoms with Crippen molar-refractivity contribution in [2.75, 3.05) is 25.7 Å². The summed E-state index contributed by atoms with van der Waals surface area (Å²) in [6.07, 6.45) is 11.1. The van der Waals surface area contributed by atoms with E-state index in [0.717, 1.165) is 28.4 Å². The number of aromatic nitrogens is 1. The highest BCUT2D eigenvalue weighted by molar-refractivity contribution is 5.77. The Hall–Kier alpha value is -3.78. The van der Waals surface area contributed by atoms with Crippen LogP contribution in [0, 0.1) is 13.8 Å². The van der Waals surface area contributed by atoms with Gasteiger partial charge in [-0.15, -0.1) is 0 Å². The lowest BCUT2D eigenvalue weighted by Crippen LogP contribution is -2.27. The minimum absolute atomic E-state index is 0.0559. The van der Waals surface area contributed by atoms with Crippen LogP contribution in [0.5, 0.6) is 11.5 Å². The number of amides is 1. The Morgan fingerprint density at radius 3 is 2.87 bits per heavy atom. The van der Waals surface area contributed by atoms with Crippen molar-refractivity contribution in [1.82, 2.24) is 20.6 Å². The van der Waals surface area contributed by atoms with Gasteiger partial charge in [0.15, 0.2) is 0 Å². The molecule has 31 heavy (non-hydrogen) atoms. The number of allylic oxidation sites excluding steroid dienone is 1. The van der Waals surface area contributed by atoms with Crippen molar-refractivity contribution >= 4 is 11.6 Å². The van der Waals surface area contributed by atoms with Gasteiger partial charge in [0, 0.05) is 37.9 Å². The molecule has 2 heterocycles. The number of aryl methyl sites for hydroxylation is 2. The maximum absolute atomic E-state index is 11.4. The van der Waals surface area contributed by atoms with Crippen molar-refractivity contribution in [2.24, 2.45) is 0 Å². The van der Waals surface area contributed by atoms with E-state index in [2.05, 4.69) is 21.0 Å². The van der Waals surface area contributed by atoms with Gasteiger partial charge in [-0.2, -0.15) is 0 Å². The molecular formula is C23H27N5O3. The van der Waals surface area contributed by atoms with E-state index in [1.165, 1.54) is 7.11 Å². The predicted molar refractivity (Wildman–Crippen MR) is 120 cm³/mol. The molecule has 1 amide bonds. The van der Waals surface area contributed by atoms with Gasteiger partial charge in [-0.25, -0.2) is 0 Å². The lowest BCUT2D eigenvalue weighted by atomic mass is 10.2. The summed E-state index contributed by atoms with van der Waals surface area (Å²) in [7, 11) is 1.49. The maximum atomic E-state index is 11.4. The third-order valence-corrected chi connectivity index (χ3v) is 4.30. The van der Waals surface area contributed by atoms with Gasteiger partial charge in [0.25, 0.3) is 0 Å². The number of hydrazine groups is 1. The van der Waals surface area contributed by atoms with Crippen LogP contribution >= 0.6 is 0 Å². The zero-order valence-corrected chi connectivity index (χ0v) is 17.9. The van der Waals surface area contributed by atoms with E-state index >= 15 is 0 Å². The summed E-state index contributed by atoms with van der Waals surface area (Å²) in [5.74, 6) is 1.33. The summed E-state index contributed by atoms with van der Waals surface area (Å²) in [6, 6.07) is 9.72. The van der Waals surface area contributed by atoms with E-state index in [1.807, 2.05) is 79.9 Å². The SMILES string of the molecule is COCC(=O)NC/C=C\C1=CN(Nc2ccc(Oc3ccc(C)nc3)c(C)c2)C=CN1. The summed E-state index contributed by atoms with van der Waals surface area (Å²) >= 11 is 0. The molecule has 0 unspecified atom stereocenters. The van der Waals surface area contributed by atoms with Gasteiger partial charge in [-0.3, -0.25) is 20.2 Å². The van der Waals surface area contributed by atoms with Crippen molar-refractivity contribution in [3.05, 3.63) is 84.2 Å². The Bertz CT molecular complexity index is 983. The van der Waals surface area contributed by atoms with Crippen LogP contribution in [0.4, 0.5) is 5.69 Å². The number of carbonyl (C=O) groups is 1. The third kappa shape index (κ3) is 6.90. The molecule has 162 valence electrons. The number of hydrogen-bond donors (Lipinski definition) is 3. The van der Waals surface area contributed by atoms with E-state index in [0.29, 0.717) is 12.3 Å². The molecule has 3 rings (SSSR count). The molecule has 0 aliphatic carbocycles. The Morgan fingerprint density at radius 1 is 1.26 bits per heavy atom. The second-order valence-electron chi connectivity index (χ2n) is 6.92. The molecule has 8 nitrogen and oxygen atoms in total. The van der Waals surface area contributed by atoms with Crippen LogP contribution in [-0.2, 0) is 9.53 Å². The van der Waals surface area contributed by atoms with Gasteiger partial charge in [0.1, 0.15) is 18.1 Å². The lowest BCUT2D eigenvalue weighted by Gasteiger charge is -2.23. The minimum Gasteiger partial charge on any atom is -0.455 e. The number of pyridine rings is 1. The van der Waals surface area contributed by atoms with E-state index < -0.39 is 0 Å². The van der Waals surface area contributed by atoms with E-state index in [4.69, 9.17) is 9.47 Å². The Balaban J connectivity index is 1.56. The first kappa shape index (κ1) is 21.9. The van der Waals surface area contributed by atoms with Crippen molar-refractivity contribution in [3.8, 4) is 11.5 Å². The second-order valence-corrected chi connectivity index (χ2v) is 6.92. The number of ether oxygens (including phenoxy) is 2. The van der Waals surface area contributed by atoms with Crippen LogP contribution in [0.1, 0.15) is 11.3 Å². The summed E-state index contributed by atoms with van der Waals surface area (Å²) in [4.78, 5) is 15.6. The molecule has 1 aromatic carbocycles. The number of nitrogens with zero attached hydrogens (tertiary/aromatic N) is 2. The molecule has 3 N–H and O–H groups in total. The van der Waals surface area contributed by atoms with Crippen LogP contribution in [0.25, 0.3) is 0 Å². The summed E-state index contributed by atoms with van der Waals surface area (Å²) < 4.78 is 10.7. The average Bonchev–Trinajstić information content (AvgIpc) is 2.75. The fraction of sp³-hybridized carbons (Fsp3) is 0.217. The van der Waals surface area contributed by atoms with Crippen LogP contribution in [0.2, 0.25) is 0 Å². The first-order valence-corrected chi connectivity index (χ1v) is 9.87. The monoisotopic (exact) mass is 421 g/mol. The van der Waals surface area contributed by atoms with Crippen molar-refractivity contribution in [2.45, 2.75) is 13.8 Å². The number of benzene rings is 1. The van der Waals surface area contributed by atoms with Crippen LogP contribution in [0.3, 0.4) is 0 Å². The smallest absolute Gasteiger partial charge is 0.246 e. The first-order valence-electron chi connectivity index (χ1n) is 9.87. The summed E-state index contributed by atoms with van der Waals surface area (Å²) in [5, 5.41) is 7.73. The highest BCUT2D eigenvalue weighted by Crippen LogP contribution is 2.27. The normalized spacial score (nSPS) is 13.0. The Morgan fingerprint density at radius 2 is 2.13 bits per heavy atom. The van der Waals surface area contributed by atoms with E-state index in [1.54, 1.807) is 6.20 Å². The van der Waals surface area contributed by atoms with Crippen LogP contribution < -0.4 is 20.8 Å². The summed E-state index contributed by atoms with van der Waals surface area (Å²) in [6.45, 7) is 4.42. The zero-order valence-electron chi connectivity index (χ0n) is 17.9. The molecule has 1 aromatic heterocycles.